The number of ether oxygens (including phenoxy) is 1. The fourth-order valence-electron chi connectivity index (χ4n) is 0.723. The van der Waals surface area contributed by atoms with Crippen LogP contribution in [0.2, 0.25) is 0 Å². The minimum absolute atomic E-state index is 0.217. The molecule has 2 atom stereocenters. The molecule has 1 aliphatic rings. The average Bonchev–Trinajstić information content (AvgIpc) is 2.48. The van der Waals surface area contributed by atoms with Crippen molar-refractivity contribution in [3.63, 3.8) is 0 Å². The highest BCUT2D eigenvalue weighted by Gasteiger charge is 2.34. The maximum Gasteiger partial charge on any atom is 0.102 e. The number of hydrogen-bond acceptors (Lipinski definition) is 2. The van der Waals surface area contributed by atoms with Crippen LogP contribution in [-0.4, -0.2) is 23.9 Å². The summed E-state index contributed by atoms with van der Waals surface area (Å²) in [7, 11) is 0. The lowest BCUT2D eigenvalue weighted by Crippen LogP contribution is -1.93. The Bertz CT molecular complexity index is 90.5. The number of aliphatic hydroxyl groups is 1. The highest BCUT2D eigenvalue weighted by atomic mass is 16.6. The number of epoxide rings is 1. The molecule has 0 aromatic rings. The van der Waals surface area contributed by atoms with E-state index in [1.165, 1.54) is 0 Å². The second kappa shape index (κ2) is 2.29. The zero-order valence-corrected chi connectivity index (χ0v) is 4.71. The van der Waals surface area contributed by atoms with Crippen LogP contribution in [-0.2, 0) is 4.74 Å². The Hall–Kier alpha value is -0.340. The van der Waals surface area contributed by atoms with Crippen molar-refractivity contribution in [2.75, 3.05) is 6.61 Å². The van der Waals surface area contributed by atoms with Crippen molar-refractivity contribution < 1.29 is 9.84 Å². The molecule has 0 unspecified atom stereocenters. The molecule has 46 valence electrons. The van der Waals surface area contributed by atoms with Crippen LogP contribution >= 0.6 is 0 Å². The van der Waals surface area contributed by atoms with E-state index in [0.717, 1.165) is 6.42 Å². The van der Waals surface area contributed by atoms with Crippen molar-refractivity contribution in [1.29, 1.82) is 0 Å². The van der Waals surface area contributed by atoms with Gasteiger partial charge in [0.15, 0.2) is 0 Å². The molecular formula is C6H10O2. The average molecular weight is 114 g/mol. The van der Waals surface area contributed by atoms with E-state index in [-0.39, 0.29) is 18.8 Å². The van der Waals surface area contributed by atoms with Gasteiger partial charge in [-0.25, -0.2) is 0 Å². The molecule has 2 heteroatoms. The Morgan fingerprint density at radius 1 is 1.75 bits per heavy atom. The summed E-state index contributed by atoms with van der Waals surface area (Å²) < 4.78 is 5.03. The standard InChI is InChI=1S/C6H10O2/c1-2-5-6(8-5)3-4-7/h2,5-7H,1,3-4H2/t5-,6-/m0/s1. The van der Waals surface area contributed by atoms with Crippen LogP contribution in [0.1, 0.15) is 6.42 Å². The maximum atomic E-state index is 8.38. The van der Waals surface area contributed by atoms with Gasteiger partial charge in [-0.3, -0.25) is 0 Å². The van der Waals surface area contributed by atoms with Gasteiger partial charge in [-0.1, -0.05) is 6.08 Å². The number of rotatable bonds is 3. The van der Waals surface area contributed by atoms with Gasteiger partial charge in [0.25, 0.3) is 0 Å². The fourth-order valence-corrected chi connectivity index (χ4v) is 0.723. The molecule has 0 radical (unpaired) electrons. The van der Waals surface area contributed by atoms with Crippen molar-refractivity contribution in [1.82, 2.24) is 0 Å². The molecule has 1 heterocycles. The predicted molar refractivity (Wildman–Crippen MR) is 30.6 cm³/mol. The SMILES string of the molecule is C=C[C@@H]1O[C@H]1CCO. The Labute approximate surface area is 48.8 Å². The molecular weight excluding hydrogens is 104 g/mol. The van der Waals surface area contributed by atoms with E-state index < -0.39 is 0 Å². The van der Waals surface area contributed by atoms with E-state index in [1.54, 1.807) is 6.08 Å². The van der Waals surface area contributed by atoms with E-state index in [4.69, 9.17) is 9.84 Å². The summed E-state index contributed by atoms with van der Waals surface area (Å²) in [6.07, 6.45) is 3.00. The molecule has 1 aliphatic heterocycles. The molecule has 2 nitrogen and oxygen atoms in total. The third-order valence-electron chi connectivity index (χ3n) is 1.27. The predicted octanol–water partition coefficient (Wildman–Crippen LogP) is 0.322. The van der Waals surface area contributed by atoms with Crippen LogP contribution < -0.4 is 0 Å². The van der Waals surface area contributed by atoms with Gasteiger partial charge < -0.3 is 9.84 Å². The lowest BCUT2D eigenvalue weighted by atomic mass is 10.2. The summed E-state index contributed by atoms with van der Waals surface area (Å²) in [4.78, 5) is 0. The van der Waals surface area contributed by atoms with Gasteiger partial charge in [-0.2, -0.15) is 0 Å². The van der Waals surface area contributed by atoms with E-state index >= 15 is 0 Å². The van der Waals surface area contributed by atoms with Crippen LogP contribution in [0, 0.1) is 0 Å². The van der Waals surface area contributed by atoms with Crippen molar-refractivity contribution >= 4 is 0 Å². The summed E-state index contributed by atoms with van der Waals surface area (Å²) >= 11 is 0. The van der Waals surface area contributed by atoms with Gasteiger partial charge in [-0.05, 0) is 6.42 Å². The molecule has 0 spiro atoms. The highest BCUT2D eigenvalue weighted by Crippen LogP contribution is 2.24. The van der Waals surface area contributed by atoms with Gasteiger partial charge in [0.1, 0.15) is 6.10 Å². The molecule has 0 saturated carbocycles. The minimum Gasteiger partial charge on any atom is -0.396 e. The second-order valence-electron chi connectivity index (χ2n) is 1.89. The van der Waals surface area contributed by atoms with Gasteiger partial charge in [-0.15, -0.1) is 6.58 Å². The Morgan fingerprint density at radius 2 is 2.50 bits per heavy atom. The normalized spacial score (nSPS) is 34.6. The van der Waals surface area contributed by atoms with E-state index in [0.29, 0.717) is 0 Å². The summed E-state index contributed by atoms with van der Waals surface area (Å²) in [5.41, 5.74) is 0. The molecule has 0 aliphatic carbocycles. The summed E-state index contributed by atoms with van der Waals surface area (Å²) in [6, 6.07) is 0. The van der Waals surface area contributed by atoms with Crippen LogP contribution in [0.3, 0.4) is 0 Å². The first-order valence-corrected chi connectivity index (χ1v) is 2.77. The molecule has 0 aromatic heterocycles. The number of hydrogen-bond donors (Lipinski definition) is 1. The van der Waals surface area contributed by atoms with E-state index in [1.807, 2.05) is 0 Å². The van der Waals surface area contributed by atoms with Crippen LogP contribution in [0.5, 0.6) is 0 Å². The second-order valence-corrected chi connectivity index (χ2v) is 1.89. The van der Waals surface area contributed by atoms with Gasteiger partial charge >= 0.3 is 0 Å². The maximum absolute atomic E-state index is 8.38. The van der Waals surface area contributed by atoms with Crippen molar-refractivity contribution in [2.45, 2.75) is 18.6 Å². The molecule has 0 aromatic carbocycles. The Balaban J connectivity index is 2.07. The fraction of sp³-hybridized carbons (Fsp3) is 0.667. The lowest BCUT2D eigenvalue weighted by molar-refractivity contribution is 0.263. The zero-order valence-electron chi connectivity index (χ0n) is 4.71. The summed E-state index contributed by atoms with van der Waals surface area (Å²) in [5, 5.41) is 8.38. The lowest BCUT2D eigenvalue weighted by Gasteiger charge is -1.82. The first kappa shape index (κ1) is 5.79. The number of aliphatic hydroxyl groups excluding tert-OH is 1. The van der Waals surface area contributed by atoms with E-state index in [9.17, 15) is 0 Å². The molecule has 0 bridgehead atoms. The zero-order chi connectivity index (χ0) is 5.98. The van der Waals surface area contributed by atoms with Crippen molar-refractivity contribution in [3.05, 3.63) is 12.7 Å². The van der Waals surface area contributed by atoms with E-state index in [2.05, 4.69) is 6.58 Å². The Morgan fingerprint density at radius 3 is 2.88 bits per heavy atom. The Kier molecular flexibility index (Phi) is 1.65. The third-order valence-corrected chi connectivity index (χ3v) is 1.27. The van der Waals surface area contributed by atoms with Crippen LogP contribution in [0.25, 0.3) is 0 Å². The first-order chi connectivity index (χ1) is 3.88. The van der Waals surface area contributed by atoms with Crippen LogP contribution in [0.4, 0.5) is 0 Å². The molecule has 1 N–H and O–H groups in total. The van der Waals surface area contributed by atoms with Gasteiger partial charge in [0.2, 0.25) is 0 Å². The molecule has 8 heavy (non-hydrogen) atoms. The topological polar surface area (TPSA) is 32.8 Å². The van der Waals surface area contributed by atoms with Gasteiger partial charge in [0, 0.05) is 6.61 Å². The quantitative estimate of drug-likeness (QED) is 0.423. The highest BCUT2D eigenvalue weighted by molar-refractivity contribution is 4.97. The smallest absolute Gasteiger partial charge is 0.102 e. The monoisotopic (exact) mass is 114 g/mol. The first-order valence-electron chi connectivity index (χ1n) is 2.77. The van der Waals surface area contributed by atoms with Gasteiger partial charge in [0.05, 0.1) is 6.10 Å². The minimum atomic E-state index is 0.217. The third kappa shape index (κ3) is 1.08. The molecule has 1 saturated heterocycles. The van der Waals surface area contributed by atoms with Crippen molar-refractivity contribution in [3.8, 4) is 0 Å². The molecule has 0 amide bonds. The molecule has 1 fully saturated rings. The summed E-state index contributed by atoms with van der Waals surface area (Å²) in [6.45, 7) is 3.77. The molecule has 1 rings (SSSR count). The summed E-state index contributed by atoms with van der Waals surface area (Å²) in [5.74, 6) is 0. The van der Waals surface area contributed by atoms with Crippen LogP contribution in [0.15, 0.2) is 12.7 Å². The largest absolute Gasteiger partial charge is 0.396 e. The van der Waals surface area contributed by atoms with Crippen molar-refractivity contribution in [2.24, 2.45) is 0 Å².